The zero-order valence-corrected chi connectivity index (χ0v) is 8.72. The summed E-state index contributed by atoms with van der Waals surface area (Å²) in [5.74, 6) is 0. The molecule has 1 aliphatic carbocycles. The Morgan fingerprint density at radius 3 is 2.77 bits per heavy atom. The SMILES string of the molecule is ClC1CCCC1NCC1CCCO1. The molecule has 0 amide bonds. The van der Waals surface area contributed by atoms with Gasteiger partial charge in [-0.15, -0.1) is 11.6 Å². The fourth-order valence-electron chi connectivity index (χ4n) is 2.23. The van der Waals surface area contributed by atoms with Gasteiger partial charge in [-0.2, -0.15) is 0 Å². The van der Waals surface area contributed by atoms with Crippen molar-refractivity contribution in [3.8, 4) is 0 Å². The molecule has 1 N–H and O–H groups in total. The fraction of sp³-hybridized carbons (Fsp3) is 1.00. The molecule has 0 aromatic carbocycles. The minimum absolute atomic E-state index is 0.349. The van der Waals surface area contributed by atoms with Crippen molar-refractivity contribution in [2.24, 2.45) is 0 Å². The monoisotopic (exact) mass is 203 g/mol. The Balaban J connectivity index is 1.66. The molecule has 0 aromatic heterocycles. The Labute approximate surface area is 85.0 Å². The maximum Gasteiger partial charge on any atom is 0.0700 e. The van der Waals surface area contributed by atoms with Crippen LogP contribution < -0.4 is 5.32 Å². The minimum atomic E-state index is 0.349. The van der Waals surface area contributed by atoms with E-state index < -0.39 is 0 Å². The second kappa shape index (κ2) is 4.63. The zero-order chi connectivity index (χ0) is 9.10. The molecule has 0 spiro atoms. The normalized spacial score (nSPS) is 39.9. The van der Waals surface area contributed by atoms with Gasteiger partial charge < -0.3 is 10.1 Å². The van der Waals surface area contributed by atoms with Gasteiger partial charge in [0.25, 0.3) is 0 Å². The molecule has 2 rings (SSSR count). The van der Waals surface area contributed by atoms with Gasteiger partial charge in [-0.05, 0) is 25.7 Å². The molecule has 2 aliphatic rings. The molecule has 3 unspecified atom stereocenters. The van der Waals surface area contributed by atoms with Crippen LogP contribution in [0, 0.1) is 0 Å². The van der Waals surface area contributed by atoms with Crippen molar-refractivity contribution in [1.82, 2.24) is 5.32 Å². The highest BCUT2D eigenvalue weighted by Crippen LogP contribution is 2.24. The number of nitrogens with one attached hydrogen (secondary N) is 1. The lowest BCUT2D eigenvalue weighted by Gasteiger charge is -2.18. The molecule has 1 heterocycles. The van der Waals surface area contributed by atoms with E-state index in [4.69, 9.17) is 16.3 Å². The zero-order valence-electron chi connectivity index (χ0n) is 7.97. The van der Waals surface area contributed by atoms with Crippen LogP contribution in [0.2, 0.25) is 0 Å². The quantitative estimate of drug-likeness (QED) is 0.708. The third-order valence-corrected chi connectivity index (χ3v) is 3.59. The Bertz CT molecular complexity index is 159. The highest BCUT2D eigenvalue weighted by Gasteiger charge is 2.26. The van der Waals surface area contributed by atoms with Crippen LogP contribution in [0.15, 0.2) is 0 Å². The molecule has 1 saturated carbocycles. The van der Waals surface area contributed by atoms with Crippen LogP contribution in [0.4, 0.5) is 0 Å². The van der Waals surface area contributed by atoms with Gasteiger partial charge in [-0.3, -0.25) is 0 Å². The third kappa shape index (κ3) is 2.58. The Kier molecular flexibility index (Phi) is 3.47. The van der Waals surface area contributed by atoms with Crippen molar-refractivity contribution in [3.05, 3.63) is 0 Å². The van der Waals surface area contributed by atoms with Crippen molar-refractivity contribution in [2.45, 2.75) is 49.6 Å². The van der Waals surface area contributed by atoms with E-state index in [0.717, 1.165) is 13.2 Å². The van der Waals surface area contributed by atoms with E-state index in [1.807, 2.05) is 0 Å². The maximum absolute atomic E-state index is 6.16. The average molecular weight is 204 g/mol. The molecule has 0 bridgehead atoms. The van der Waals surface area contributed by atoms with Crippen LogP contribution >= 0.6 is 11.6 Å². The summed E-state index contributed by atoms with van der Waals surface area (Å²) in [5, 5.41) is 3.86. The number of rotatable bonds is 3. The topological polar surface area (TPSA) is 21.3 Å². The summed E-state index contributed by atoms with van der Waals surface area (Å²) >= 11 is 6.16. The van der Waals surface area contributed by atoms with E-state index >= 15 is 0 Å². The van der Waals surface area contributed by atoms with Gasteiger partial charge in [0, 0.05) is 24.6 Å². The molecule has 76 valence electrons. The summed E-state index contributed by atoms with van der Waals surface area (Å²) in [5.41, 5.74) is 0. The number of halogens is 1. The number of hydrogen-bond acceptors (Lipinski definition) is 2. The molecule has 1 aliphatic heterocycles. The van der Waals surface area contributed by atoms with Gasteiger partial charge >= 0.3 is 0 Å². The van der Waals surface area contributed by atoms with Crippen molar-refractivity contribution < 1.29 is 4.74 Å². The van der Waals surface area contributed by atoms with E-state index in [1.165, 1.54) is 32.1 Å². The van der Waals surface area contributed by atoms with Crippen molar-refractivity contribution in [3.63, 3.8) is 0 Å². The first kappa shape index (κ1) is 9.75. The Morgan fingerprint density at radius 2 is 2.15 bits per heavy atom. The highest BCUT2D eigenvalue weighted by molar-refractivity contribution is 6.21. The van der Waals surface area contributed by atoms with E-state index in [0.29, 0.717) is 17.5 Å². The lowest BCUT2D eigenvalue weighted by atomic mass is 10.2. The van der Waals surface area contributed by atoms with E-state index in [-0.39, 0.29) is 0 Å². The summed E-state index contributed by atoms with van der Waals surface area (Å²) in [6.45, 7) is 1.94. The first-order chi connectivity index (χ1) is 6.36. The van der Waals surface area contributed by atoms with Gasteiger partial charge in [-0.25, -0.2) is 0 Å². The lowest BCUT2D eigenvalue weighted by Crippen LogP contribution is -2.38. The second-order valence-corrected chi connectivity index (χ2v) is 4.66. The Morgan fingerprint density at radius 1 is 1.23 bits per heavy atom. The molecule has 3 heteroatoms. The molecule has 2 nitrogen and oxygen atoms in total. The van der Waals surface area contributed by atoms with E-state index in [2.05, 4.69) is 5.32 Å². The Hall–Kier alpha value is 0.210. The molecule has 0 radical (unpaired) electrons. The predicted octanol–water partition coefficient (Wildman–Crippen LogP) is 1.91. The van der Waals surface area contributed by atoms with Crippen LogP contribution in [-0.4, -0.2) is 30.7 Å². The van der Waals surface area contributed by atoms with Crippen molar-refractivity contribution in [2.75, 3.05) is 13.2 Å². The van der Waals surface area contributed by atoms with Gasteiger partial charge in [0.15, 0.2) is 0 Å². The van der Waals surface area contributed by atoms with Crippen LogP contribution in [0.1, 0.15) is 32.1 Å². The van der Waals surface area contributed by atoms with Crippen molar-refractivity contribution >= 4 is 11.6 Å². The van der Waals surface area contributed by atoms with Gasteiger partial charge in [-0.1, -0.05) is 6.42 Å². The van der Waals surface area contributed by atoms with E-state index in [1.54, 1.807) is 0 Å². The second-order valence-electron chi connectivity index (χ2n) is 4.10. The summed E-state index contributed by atoms with van der Waals surface area (Å²) in [7, 11) is 0. The largest absolute Gasteiger partial charge is 0.377 e. The summed E-state index contributed by atoms with van der Waals surface area (Å²) in [4.78, 5) is 0. The number of alkyl halides is 1. The van der Waals surface area contributed by atoms with Crippen LogP contribution in [0.5, 0.6) is 0 Å². The third-order valence-electron chi connectivity index (χ3n) is 3.06. The molecular weight excluding hydrogens is 186 g/mol. The summed E-state index contributed by atoms with van der Waals surface area (Å²) in [6.07, 6.45) is 6.57. The first-order valence-electron chi connectivity index (χ1n) is 5.35. The molecular formula is C10H18ClNO. The van der Waals surface area contributed by atoms with Crippen LogP contribution in [0.3, 0.4) is 0 Å². The number of ether oxygens (including phenoxy) is 1. The van der Waals surface area contributed by atoms with E-state index in [9.17, 15) is 0 Å². The lowest BCUT2D eigenvalue weighted by molar-refractivity contribution is 0.107. The smallest absolute Gasteiger partial charge is 0.0700 e. The van der Waals surface area contributed by atoms with Crippen molar-refractivity contribution in [1.29, 1.82) is 0 Å². The van der Waals surface area contributed by atoms with Gasteiger partial charge in [0.05, 0.1) is 6.10 Å². The molecule has 1 saturated heterocycles. The van der Waals surface area contributed by atoms with Gasteiger partial charge in [0.2, 0.25) is 0 Å². The molecule has 2 fully saturated rings. The molecule has 3 atom stereocenters. The predicted molar refractivity (Wildman–Crippen MR) is 54.3 cm³/mol. The molecule has 0 aromatic rings. The summed E-state index contributed by atoms with van der Waals surface area (Å²) < 4.78 is 5.54. The standard InChI is InChI=1S/C10H18ClNO/c11-9-4-1-5-10(9)12-7-8-3-2-6-13-8/h8-10,12H,1-7H2. The fourth-order valence-corrected chi connectivity index (χ4v) is 2.60. The van der Waals surface area contributed by atoms with Crippen LogP contribution in [-0.2, 0) is 4.74 Å². The first-order valence-corrected chi connectivity index (χ1v) is 5.79. The minimum Gasteiger partial charge on any atom is -0.377 e. The average Bonchev–Trinajstić information content (AvgIpc) is 2.72. The number of hydrogen-bond donors (Lipinski definition) is 1. The van der Waals surface area contributed by atoms with Gasteiger partial charge in [0.1, 0.15) is 0 Å². The maximum atomic E-state index is 6.16. The summed E-state index contributed by atoms with van der Waals surface area (Å²) in [6, 6.07) is 0.533. The molecule has 13 heavy (non-hydrogen) atoms. The highest BCUT2D eigenvalue weighted by atomic mass is 35.5. The van der Waals surface area contributed by atoms with Crippen LogP contribution in [0.25, 0.3) is 0 Å².